The summed E-state index contributed by atoms with van der Waals surface area (Å²) >= 11 is 5.53. The number of rotatable bonds is 4. The minimum Gasteiger partial charge on any atom is -0.480 e. The zero-order chi connectivity index (χ0) is 18.3. The van der Waals surface area contributed by atoms with Crippen molar-refractivity contribution in [1.82, 2.24) is 14.5 Å². The molecule has 3 aromatic heterocycles. The maximum absolute atomic E-state index is 5.55. The van der Waals surface area contributed by atoms with Crippen molar-refractivity contribution in [2.75, 3.05) is 7.11 Å². The molecule has 3 heterocycles. The molecule has 0 radical (unpaired) electrons. The monoisotopic (exact) mass is 358 g/mol. The van der Waals surface area contributed by atoms with Crippen molar-refractivity contribution >= 4 is 11.0 Å². The van der Waals surface area contributed by atoms with E-state index in [0.717, 1.165) is 38.6 Å². The van der Waals surface area contributed by atoms with Gasteiger partial charge in [0.05, 0.1) is 30.1 Å². The lowest BCUT2D eigenvalue weighted by atomic mass is 10.0. The summed E-state index contributed by atoms with van der Waals surface area (Å²) < 4.78 is 7.73. The van der Waals surface area contributed by atoms with Crippen molar-refractivity contribution in [2.45, 2.75) is 46.6 Å². The fraction of sp³-hybridized carbons (Fsp3) is 0.400. The molecule has 0 unspecified atom stereocenters. The number of hydrogen-bond donors (Lipinski definition) is 0. The van der Waals surface area contributed by atoms with Crippen LogP contribution >= 0.6 is 0 Å². The molecule has 0 spiro atoms. The van der Waals surface area contributed by atoms with Crippen molar-refractivity contribution in [1.29, 1.82) is 0 Å². The van der Waals surface area contributed by atoms with Crippen LogP contribution in [0, 0.1) is 18.5 Å². The van der Waals surface area contributed by atoms with Gasteiger partial charge in [-0.15, -0.1) is 0 Å². The van der Waals surface area contributed by atoms with Gasteiger partial charge in [-0.1, -0.05) is 13.8 Å². The van der Waals surface area contributed by atoms with Crippen LogP contribution in [-0.2, 0) is 0 Å². The van der Waals surface area contributed by atoms with Gasteiger partial charge in [0.25, 0.3) is 5.02 Å². The summed E-state index contributed by atoms with van der Waals surface area (Å²) in [5.41, 5.74) is 5.80. The van der Waals surface area contributed by atoms with Crippen LogP contribution < -0.4 is 4.74 Å². The maximum Gasteiger partial charge on any atom is 0.269 e. The number of methoxy groups -OCH3 is 1. The number of pyridine rings is 2. The summed E-state index contributed by atoms with van der Waals surface area (Å²) in [6.07, 6.45) is 2.00. The highest BCUT2D eigenvalue weighted by molar-refractivity contribution is 5.84. The molecular weight excluding hydrogens is 334 g/mol. The molecule has 3 rings (SSSR count). The highest BCUT2D eigenvalue weighted by Crippen LogP contribution is 2.34. The molecule has 3 aromatic rings. The summed E-state index contributed by atoms with van der Waals surface area (Å²) in [5.74, 6) is 0.953. The van der Waals surface area contributed by atoms with Crippen LogP contribution in [-0.4, -0.2) is 21.6 Å². The van der Waals surface area contributed by atoms with Crippen LogP contribution in [0.1, 0.15) is 50.9 Å². The van der Waals surface area contributed by atoms with Crippen molar-refractivity contribution in [3.63, 3.8) is 0 Å². The SMILES string of the molecule is COc1nc(C(C)C)ccc1-c1nc2c([ClH+])cn(C(C)C)c2cc1C. The topological polar surface area (TPSA) is 39.9 Å². The summed E-state index contributed by atoms with van der Waals surface area (Å²) in [6.45, 7) is 10.6. The zero-order valence-electron chi connectivity index (χ0n) is 15.6. The van der Waals surface area contributed by atoms with Crippen molar-refractivity contribution in [3.05, 3.63) is 40.7 Å². The lowest BCUT2D eigenvalue weighted by molar-refractivity contribution is -0.286. The minimum atomic E-state index is 0.341. The van der Waals surface area contributed by atoms with Crippen LogP contribution in [0.5, 0.6) is 5.88 Å². The molecule has 0 aliphatic carbocycles. The van der Waals surface area contributed by atoms with Crippen molar-refractivity contribution < 1.29 is 16.3 Å². The summed E-state index contributed by atoms with van der Waals surface area (Å²) in [5, 5.41) is 0.774. The van der Waals surface area contributed by atoms with Gasteiger partial charge in [0.15, 0.2) is 17.1 Å². The summed E-state index contributed by atoms with van der Waals surface area (Å²) in [7, 11) is 1.65. The molecule has 5 heteroatoms. The third kappa shape index (κ3) is 3.11. The predicted molar refractivity (Wildman–Crippen MR) is 99.3 cm³/mol. The molecule has 4 nitrogen and oxygen atoms in total. The van der Waals surface area contributed by atoms with Gasteiger partial charge >= 0.3 is 0 Å². The number of ether oxygens (including phenoxy) is 1. The minimum absolute atomic E-state index is 0.341. The van der Waals surface area contributed by atoms with E-state index in [4.69, 9.17) is 21.3 Å². The Morgan fingerprint density at radius 1 is 1.12 bits per heavy atom. The first kappa shape index (κ1) is 17.7. The molecule has 0 bridgehead atoms. The van der Waals surface area contributed by atoms with Crippen LogP contribution in [0.2, 0.25) is 5.02 Å². The Morgan fingerprint density at radius 3 is 2.44 bits per heavy atom. The van der Waals surface area contributed by atoms with E-state index in [-0.39, 0.29) is 0 Å². The van der Waals surface area contributed by atoms with Gasteiger partial charge in [0.1, 0.15) is 0 Å². The number of fused-ring (bicyclic) bond motifs is 1. The van der Waals surface area contributed by atoms with E-state index in [1.165, 1.54) is 0 Å². The predicted octanol–water partition coefficient (Wildman–Crippen LogP) is 4.82. The van der Waals surface area contributed by atoms with Crippen LogP contribution in [0.25, 0.3) is 22.3 Å². The second-order valence-corrected chi connectivity index (χ2v) is 7.40. The van der Waals surface area contributed by atoms with Gasteiger partial charge < -0.3 is 9.30 Å². The molecule has 0 fully saturated rings. The van der Waals surface area contributed by atoms with E-state index in [1.807, 2.05) is 18.3 Å². The van der Waals surface area contributed by atoms with Crippen molar-refractivity contribution in [3.8, 4) is 17.1 Å². The van der Waals surface area contributed by atoms with Crippen molar-refractivity contribution in [2.24, 2.45) is 0 Å². The number of aromatic nitrogens is 3. The molecule has 25 heavy (non-hydrogen) atoms. The Morgan fingerprint density at radius 2 is 1.84 bits per heavy atom. The van der Waals surface area contributed by atoms with E-state index in [1.54, 1.807) is 7.11 Å². The molecule has 0 saturated carbocycles. The number of hydrogen-bond acceptors (Lipinski definition) is 3. The third-order valence-corrected chi connectivity index (χ3v) is 4.74. The Hall–Kier alpha value is -2.07. The number of nitrogens with zero attached hydrogens (tertiary/aromatic N) is 3. The molecular formula is C20H25ClN3O+. The van der Waals surface area contributed by atoms with Gasteiger partial charge in [-0.05, 0) is 50.5 Å². The fourth-order valence-corrected chi connectivity index (χ4v) is 3.31. The molecule has 0 N–H and O–H groups in total. The standard InChI is InChI=1S/C20H25ClN3O/c1-11(2)16-8-7-14(20(22-16)25-6)18-13(5)9-17-19(23-18)15(21)10-24(17)12(3)4/h7-12,21H,1-6H3/q+1. The van der Waals surface area contributed by atoms with Crippen LogP contribution in [0.15, 0.2) is 24.4 Å². The molecule has 0 atom stereocenters. The highest BCUT2D eigenvalue weighted by Gasteiger charge is 2.20. The fourth-order valence-electron chi connectivity index (χ4n) is 3.05. The smallest absolute Gasteiger partial charge is 0.269 e. The molecule has 0 amide bonds. The van der Waals surface area contributed by atoms with E-state index in [9.17, 15) is 0 Å². The zero-order valence-corrected chi connectivity index (χ0v) is 16.4. The quantitative estimate of drug-likeness (QED) is 0.671. The average Bonchev–Trinajstić information content (AvgIpc) is 2.89. The first-order chi connectivity index (χ1) is 11.8. The van der Waals surface area contributed by atoms with Gasteiger partial charge in [0.2, 0.25) is 5.88 Å². The third-order valence-electron chi connectivity index (χ3n) is 4.44. The van der Waals surface area contributed by atoms with Gasteiger partial charge in [-0.25, -0.2) is 9.97 Å². The number of halogens is 1. The van der Waals surface area contributed by atoms with Gasteiger partial charge in [-0.2, -0.15) is 0 Å². The Labute approximate surface area is 153 Å². The highest BCUT2D eigenvalue weighted by atomic mass is 35.5. The Balaban J connectivity index is 2.23. The molecule has 0 aliphatic rings. The molecule has 132 valence electrons. The lowest BCUT2D eigenvalue weighted by Crippen LogP contribution is -2.01. The van der Waals surface area contributed by atoms with Crippen LogP contribution in [0.3, 0.4) is 0 Å². The van der Waals surface area contributed by atoms with E-state index >= 15 is 0 Å². The molecule has 0 saturated heterocycles. The second-order valence-electron chi connectivity index (χ2n) is 6.96. The van der Waals surface area contributed by atoms with E-state index in [2.05, 4.69) is 50.2 Å². The Bertz CT molecular complexity index is 928. The Kier molecular flexibility index (Phi) is 4.74. The van der Waals surface area contributed by atoms with E-state index in [0.29, 0.717) is 17.8 Å². The lowest BCUT2D eigenvalue weighted by Gasteiger charge is -2.14. The van der Waals surface area contributed by atoms with Gasteiger partial charge in [0, 0.05) is 11.7 Å². The second kappa shape index (κ2) is 6.68. The summed E-state index contributed by atoms with van der Waals surface area (Å²) in [6, 6.07) is 6.59. The normalized spacial score (nSPS) is 11.7. The molecule has 0 aliphatic heterocycles. The van der Waals surface area contributed by atoms with Crippen LogP contribution in [0.4, 0.5) is 0 Å². The largest absolute Gasteiger partial charge is 0.480 e. The van der Waals surface area contributed by atoms with E-state index < -0.39 is 0 Å². The maximum atomic E-state index is 5.55. The number of aryl methyl sites for hydroxylation is 1. The average molecular weight is 359 g/mol. The van der Waals surface area contributed by atoms with Gasteiger partial charge in [-0.3, -0.25) is 0 Å². The summed E-state index contributed by atoms with van der Waals surface area (Å²) in [4.78, 5) is 9.54. The first-order valence-electron chi connectivity index (χ1n) is 8.58. The first-order valence-corrected chi connectivity index (χ1v) is 8.98. The molecule has 0 aromatic carbocycles.